The van der Waals surface area contributed by atoms with Crippen LogP contribution in [0.1, 0.15) is 58.8 Å². The van der Waals surface area contributed by atoms with Crippen molar-refractivity contribution >= 4 is 0 Å². The molecule has 4 aliphatic rings. The van der Waals surface area contributed by atoms with Crippen LogP contribution in [0.3, 0.4) is 0 Å². The Kier molecular flexibility index (Phi) is 3.67. The molecular formula is C19H32O4. The van der Waals surface area contributed by atoms with Gasteiger partial charge in [0.25, 0.3) is 0 Å². The van der Waals surface area contributed by atoms with Crippen LogP contribution in [-0.4, -0.2) is 44.8 Å². The van der Waals surface area contributed by atoms with E-state index in [-0.39, 0.29) is 34.9 Å². The van der Waals surface area contributed by atoms with E-state index in [1.54, 1.807) is 0 Å². The summed E-state index contributed by atoms with van der Waals surface area (Å²) in [6.45, 7) is 4.45. The van der Waals surface area contributed by atoms with Gasteiger partial charge in [-0.1, -0.05) is 13.8 Å². The first-order valence-electron chi connectivity index (χ1n) is 9.49. The molecule has 4 rings (SSSR count). The molecule has 0 amide bonds. The Balaban J connectivity index is 1.69. The van der Waals surface area contributed by atoms with Crippen LogP contribution in [0.5, 0.6) is 0 Å². The molecule has 23 heavy (non-hydrogen) atoms. The first kappa shape index (κ1) is 16.3. The monoisotopic (exact) mass is 324 g/mol. The molecule has 4 aliphatic carbocycles. The Hall–Kier alpha value is -0.160. The van der Waals surface area contributed by atoms with Crippen molar-refractivity contribution in [2.45, 2.75) is 83.2 Å². The summed E-state index contributed by atoms with van der Waals surface area (Å²) in [4.78, 5) is 0. The minimum Gasteiger partial charge on any atom is -0.393 e. The molecular weight excluding hydrogens is 292 g/mol. The van der Waals surface area contributed by atoms with Crippen LogP contribution in [-0.2, 0) is 0 Å². The molecule has 4 fully saturated rings. The molecule has 0 aromatic carbocycles. The zero-order valence-corrected chi connectivity index (χ0v) is 14.4. The SMILES string of the molecule is C[C@]12CC[C@H]3[C@@H](C[C@H](O)C4C[C@@H](O)CC[C@@]43C)[C@@H]1[C@@H](O)C[C@@H]2O. The lowest BCUT2D eigenvalue weighted by atomic mass is 9.44. The van der Waals surface area contributed by atoms with E-state index < -0.39 is 12.2 Å². The number of rotatable bonds is 0. The highest BCUT2D eigenvalue weighted by molar-refractivity contribution is 5.13. The third-order valence-electron chi connectivity index (χ3n) is 8.59. The maximum absolute atomic E-state index is 10.8. The predicted molar refractivity (Wildman–Crippen MR) is 86.5 cm³/mol. The van der Waals surface area contributed by atoms with Gasteiger partial charge in [0.15, 0.2) is 0 Å². The van der Waals surface area contributed by atoms with Crippen LogP contribution in [0.15, 0.2) is 0 Å². The highest BCUT2D eigenvalue weighted by atomic mass is 16.3. The first-order valence-corrected chi connectivity index (χ1v) is 9.49. The summed E-state index contributed by atoms with van der Waals surface area (Å²) < 4.78 is 0. The lowest BCUT2D eigenvalue weighted by Gasteiger charge is -2.62. The van der Waals surface area contributed by atoms with Crippen LogP contribution < -0.4 is 0 Å². The van der Waals surface area contributed by atoms with Crippen molar-refractivity contribution in [3.05, 3.63) is 0 Å². The molecule has 0 saturated heterocycles. The third kappa shape index (κ3) is 2.11. The molecule has 4 N–H and O–H groups in total. The van der Waals surface area contributed by atoms with E-state index in [0.29, 0.717) is 24.7 Å². The molecule has 0 bridgehead atoms. The summed E-state index contributed by atoms with van der Waals surface area (Å²) >= 11 is 0. The van der Waals surface area contributed by atoms with Gasteiger partial charge in [-0.25, -0.2) is 0 Å². The van der Waals surface area contributed by atoms with Gasteiger partial charge >= 0.3 is 0 Å². The van der Waals surface area contributed by atoms with Crippen LogP contribution in [0.2, 0.25) is 0 Å². The summed E-state index contributed by atoms with van der Waals surface area (Å²) in [6.07, 6.45) is 4.26. The summed E-state index contributed by atoms with van der Waals surface area (Å²) in [5, 5.41) is 42.0. The Morgan fingerprint density at radius 3 is 2.17 bits per heavy atom. The summed E-state index contributed by atoms with van der Waals surface area (Å²) in [5.41, 5.74) is -0.131. The van der Waals surface area contributed by atoms with Crippen LogP contribution >= 0.6 is 0 Å². The highest BCUT2D eigenvalue weighted by Crippen LogP contribution is 2.66. The van der Waals surface area contributed by atoms with Crippen molar-refractivity contribution in [2.75, 3.05) is 0 Å². The maximum Gasteiger partial charge on any atom is 0.0622 e. The molecule has 0 heterocycles. The van der Waals surface area contributed by atoms with E-state index in [9.17, 15) is 20.4 Å². The molecule has 0 aromatic rings. The van der Waals surface area contributed by atoms with Crippen molar-refractivity contribution in [1.29, 1.82) is 0 Å². The fraction of sp³-hybridized carbons (Fsp3) is 1.00. The second-order valence-electron chi connectivity index (χ2n) is 9.50. The van der Waals surface area contributed by atoms with E-state index in [2.05, 4.69) is 13.8 Å². The third-order valence-corrected chi connectivity index (χ3v) is 8.59. The molecule has 4 nitrogen and oxygen atoms in total. The largest absolute Gasteiger partial charge is 0.393 e. The summed E-state index contributed by atoms with van der Waals surface area (Å²) in [7, 11) is 0. The topological polar surface area (TPSA) is 80.9 Å². The molecule has 10 atom stereocenters. The molecule has 0 spiro atoms. The number of hydrogen-bond acceptors (Lipinski definition) is 4. The van der Waals surface area contributed by atoms with Crippen LogP contribution in [0.25, 0.3) is 0 Å². The number of aliphatic hydroxyl groups excluding tert-OH is 4. The van der Waals surface area contributed by atoms with Gasteiger partial charge in [0.1, 0.15) is 0 Å². The van der Waals surface area contributed by atoms with Crippen molar-refractivity contribution < 1.29 is 20.4 Å². The normalized spacial score (nSPS) is 62.3. The first-order chi connectivity index (χ1) is 10.8. The van der Waals surface area contributed by atoms with E-state index in [4.69, 9.17) is 0 Å². The van der Waals surface area contributed by atoms with E-state index in [1.165, 1.54) is 0 Å². The summed E-state index contributed by atoms with van der Waals surface area (Å²) in [5.74, 6) is 1.09. The van der Waals surface area contributed by atoms with Gasteiger partial charge in [-0.2, -0.15) is 0 Å². The highest BCUT2D eigenvalue weighted by Gasteiger charge is 2.64. The van der Waals surface area contributed by atoms with E-state index >= 15 is 0 Å². The average molecular weight is 324 g/mol. The maximum atomic E-state index is 10.8. The van der Waals surface area contributed by atoms with Crippen molar-refractivity contribution in [3.63, 3.8) is 0 Å². The van der Waals surface area contributed by atoms with Crippen LogP contribution in [0.4, 0.5) is 0 Å². The Morgan fingerprint density at radius 1 is 0.739 bits per heavy atom. The van der Waals surface area contributed by atoms with Gasteiger partial charge in [-0.05, 0) is 73.0 Å². The van der Waals surface area contributed by atoms with Gasteiger partial charge in [0.05, 0.1) is 24.4 Å². The van der Waals surface area contributed by atoms with Gasteiger partial charge in [-0.3, -0.25) is 0 Å². The average Bonchev–Trinajstić information content (AvgIpc) is 2.71. The summed E-state index contributed by atoms with van der Waals surface area (Å²) in [6, 6.07) is 0. The minimum absolute atomic E-state index is 0.0656. The van der Waals surface area contributed by atoms with Gasteiger partial charge < -0.3 is 20.4 Å². The molecule has 132 valence electrons. The lowest BCUT2D eigenvalue weighted by molar-refractivity contribution is -0.182. The predicted octanol–water partition coefficient (Wildman–Crippen LogP) is 1.69. The number of aliphatic hydroxyl groups is 4. The Labute approximate surface area is 138 Å². The Morgan fingerprint density at radius 2 is 1.43 bits per heavy atom. The molecule has 4 saturated carbocycles. The quantitative estimate of drug-likeness (QED) is 0.547. The zero-order valence-electron chi connectivity index (χ0n) is 14.4. The van der Waals surface area contributed by atoms with E-state index in [1.807, 2.05) is 0 Å². The van der Waals surface area contributed by atoms with Crippen molar-refractivity contribution in [2.24, 2.45) is 34.5 Å². The fourth-order valence-corrected chi connectivity index (χ4v) is 7.32. The van der Waals surface area contributed by atoms with Crippen molar-refractivity contribution in [1.82, 2.24) is 0 Å². The number of fused-ring (bicyclic) bond motifs is 5. The lowest BCUT2D eigenvalue weighted by Crippen LogP contribution is -2.59. The second-order valence-corrected chi connectivity index (χ2v) is 9.50. The van der Waals surface area contributed by atoms with Gasteiger partial charge in [0.2, 0.25) is 0 Å². The van der Waals surface area contributed by atoms with Gasteiger partial charge in [0, 0.05) is 6.42 Å². The molecule has 0 aliphatic heterocycles. The minimum atomic E-state index is -0.440. The standard InChI is InChI=1S/C19H32O4/c1-18-5-3-10(20)7-13(18)14(21)8-11-12(18)4-6-19(2)16(23)9-15(22)17(11)19/h10-17,20-23H,3-9H2,1-2H3/t10-,11+,12-,13?,14-,15-,16-,17+,18+,19+/m0/s1. The van der Waals surface area contributed by atoms with Gasteiger partial charge in [-0.15, -0.1) is 0 Å². The smallest absolute Gasteiger partial charge is 0.0622 e. The molecule has 0 aromatic heterocycles. The fourth-order valence-electron chi connectivity index (χ4n) is 7.32. The molecule has 4 heteroatoms. The molecule has 0 radical (unpaired) electrons. The van der Waals surface area contributed by atoms with E-state index in [0.717, 1.165) is 32.1 Å². The number of hydrogen-bond donors (Lipinski definition) is 4. The zero-order chi connectivity index (χ0) is 16.6. The Bertz CT molecular complexity index is 482. The second kappa shape index (κ2) is 5.17. The van der Waals surface area contributed by atoms with Crippen molar-refractivity contribution in [3.8, 4) is 0 Å². The van der Waals surface area contributed by atoms with Crippen LogP contribution in [0, 0.1) is 34.5 Å². The molecule has 1 unspecified atom stereocenters.